The summed E-state index contributed by atoms with van der Waals surface area (Å²) in [6.45, 7) is 3.15. The Balaban J connectivity index is 1.23. The van der Waals surface area contributed by atoms with Crippen LogP contribution in [0.3, 0.4) is 0 Å². The van der Waals surface area contributed by atoms with Crippen LogP contribution in [0.25, 0.3) is 0 Å². The molecular weight excluding hydrogens is 402 g/mol. The summed E-state index contributed by atoms with van der Waals surface area (Å²) >= 11 is 0. The van der Waals surface area contributed by atoms with E-state index in [0.29, 0.717) is 50.7 Å². The maximum absolute atomic E-state index is 12.8. The minimum absolute atomic E-state index is 0.0225. The van der Waals surface area contributed by atoms with E-state index in [9.17, 15) is 9.59 Å². The van der Waals surface area contributed by atoms with E-state index in [1.54, 1.807) is 18.5 Å². The van der Waals surface area contributed by atoms with Gasteiger partial charge >= 0.3 is 0 Å². The van der Waals surface area contributed by atoms with Crippen molar-refractivity contribution in [3.63, 3.8) is 0 Å². The molecule has 2 amide bonds. The minimum Gasteiger partial charge on any atom is -0.352 e. The number of carbonyl (C=O) groups excluding carboxylic acids is 2. The number of piperazine rings is 1. The Bertz CT molecular complexity index is 1020. The van der Waals surface area contributed by atoms with Crippen LogP contribution in [0, 0.1) is 0 Å². The molecule has 0 saturated carbocycles. The first-order valence-electron chi connectivity index (χ1n) is 10.9. The Hall–Kier alpha value is -3.74. The fourth-order valence-electron chi connectivity index (χ4n) is 3.70. The zero-order chi connectivity index (χ0) is 22.2. The molecule has 0 aliphatic carbocycles. The standard InChI is InChI=1S/C25H27N5O2/c31-23(12-9-20-5-2-1-3-6-20)28-19-21-7-10-22(11-8-21)24(32)29-15-17-30(18-16-29)25-26-13-4-14-27-25/h1-8,10-11,13-14H,9,12,15-19H2,(H,28,31). The first-order valence-corrected chi connectivity index (χ1v) is 10.9. The van der Waals surface area contributed by atoms with Gasteiger partial charge in [0.2, 0.25) is 11.9 Å². The highest BCUT2D eigenvalue weighted by Crippen LogP contribution is 2.13. The molecule has 1 saturated heterocycles. The van der Waals surface area contributed by atoms with Gasteiger partial charge in [0.15, 0.2) is 0 Å². The molecule has 7 heteroatoms. The van der Waals surface area contributed by atoms with Gasteiger partial charge in [-0.05, 0) is 35.7 Å². The van der Waals surface area contributed by atoms with E-state index in [2.05, 4.69) is 20.2 Å². The number of hydrogen-bond donors (Lipinski definition) is 1. The lowest BCUT2D eigenvalue weighted by atomic mass is 10.1. The first kappa shape index (κ1) is 21.5. The smallest absolute Gasteiger partial charge is 0.253 e. The number of aryl methyl sites for hydroxylation is 1. The summed E-state index contributed by atoms with van der Waals surface area (Å²) in [7, 11) is 0. The SMILES string of the molecule is O=C(CCc1ccccc1)NCc1ccc(C(=O)N2CCN(c3ncccn3)CC2)cc1. The molecule has 0 spiro atoms. The number of carbonyl (C=O) groups is 2. The molecule has 7 nitrogen and oxygen atoms in total. The molecule has 0 atom stereocenters. The maximum Gasteiger partial charge on any atom is 0.253 e. The van der Waals surface area contributed by atoms with Crippen LogP contribution in [0.5, 0.6) is 0 Å². The van der Waals surface area contributed by atoms with Crippen molar-refractivity contribution in [2.45, 2.75) is 19.4 Å². The number of anilines is 1. The Morgan fingerprint density at radius 2 is 1.50 bits per heavy atom. The lowest BCUT2D eigenvalue weighted by Crippen LogP contribution is -2.49. The normalized spacial score (nSPS) is 13.6. The highest BCUT2D eigenvalue weighted by molar-refractivity contribution is 5.94. The Kier molecular flexibility index (Phi) is 7.07. The van der Waals surface area contributed by atoms with Crippen LogP contribution in [0.2, 0.25) is 0 Å². The van der Waals surface area contributed by atoms with Gasteiger partial charge in [-0.25, -0.2) is 9.97 Å². The number of hydrogen-bond acceptors (Lipinski definition) is 5. The molecule has 0 bridgehead atoms. The quantitative estimate of drug-likeness (QED) is 0.625. The number of aromatic nitrogens is 2. The predicted octanol–water partition coefficient (Wildman–Crippen LogP) is 2.69. The van der Waals surface area contributed by atoms with Crippen LogP contribution in [-0.4, -0.2) is 52.9 Å². The van der Waals surface area contributed by atoms with Gasteiger partial charge in [-0.3, -0.25) is 9.59 Å². The largest absolute Gasteiger partial charge is 0.352 e. The average molecular weight is 430 g/mol. The molecule has 2 aromatic carbocycles. The van der Waals surface area contributed by atoms with Crippen molar-refractivity contribution in [2.75, 3.05) is 31.1 Å². The maximum atomic E-state index is 12.8. The van der Waals surface area contributed by atoms with Crippen molar-refractivity contribution < 1.29 is 9.59 Å². The summed E-state index contributed by atoms with van der Waals surface area (Å²) in [5.74, 6) is 0.751. The molecule has 0 radical (unpaired) electrons. The Labute approximate surface area is 188 Å². The van der Waals surface area contributed by atoms with Crippen molar-refractivity contribution in [2.24, 2.45) is 0 Å². The number of nitrogens with zero attached hydrogens (tertiary/aromatic N) is 4. The van der Waals surface area contributed by atoms with E-state index >= 15 is 0 Å². The number of rotatable bonds is 7. The summed E-state index contributed by atoms with van der Waals surface area (Å²) in [5.41, 5.74) is 2.79. The molecule has 1 fully saturated rings. The van der Waals surface area contributed by atoms with Gasteiger partial charge in [0, 0.05) is 57.1 Å². The summed E-state index contributed by atoms with van der Waals surface area (Å²) in [6.07, 6.45) is 4.64. The molecule has 1 aromatic heterocycles. The Morgan fingerprint density at radius 3 is 2.19 bits per heavy atom. The highest BCUT2D eigenvalue weighted by atomic mass is 16.2. The van der Waals surface area contributed by atoms with Gasteiger partial charge in [0.05, 0.1) is 0 Å². The third kappa shape index (κ3) is 5.69. The molecule has 1 aliphatic heterocycles. The molecule has 1 N–H and O–H groups in total. The van der Waals surface area contributed by atoms with Crippen LogP contribution in [0.1, 0.15) is 27.9 Å². The molecule has 164 valence electrons. The Morgan fingerprint density at radius 1 is 0.812 bits per heavy atom. The van der Waals surface area contributed by atoms with Crippen LogP contribution < -0.4 is 10.2 Å². The van der Waals surface area contributed by atoms with Crippen molar-refractivity contribution >= 4 is 17.8 Å². The van der Waals surface area contributed by atoms with Crippen molar-refractivity contribution in [3.8, 4) is 0 Å². The van der Waals surface area contributed by atoms with E-state index in [4.69, 9.17) is 0 Å². The summed E-state index contributed by atoms with van der Waals surface area (Å²) < 4.78 is 0. The number of benzene rings is 2. The third-order valence-corrected chi connectivity index (χ3v) is 5.58. The van der Waals surface area contributed by atoms with E-state index in [1.165, 1.54) is 0 Å². The second-order valence-electron chi connectivity index (χ2n) is 7.79. The lowest BCUT2D eigenvalue weighted by Gasteiger charge is -2.34. The van der Waals surface area contributed by atoms with Crippen LogP contribution in [0.15, 0.2) is 73.1 Å². The van der Waals surface area contributed by atoms with Gasteiger partial charge in [-0.15, -0.1) is 0 Å². The van der Waals surface area contributed by atoms with E-state index in [1.807, 2.05) is 59.5 Å². The van der Waals surface area contributed by atoms with Crippen LogP contribution in [0.4, 0.5) is 5.95 Å². The average Bonchev–Trinajstić information content (AvgIpc) is 2.87. The minimum atomic E-state index is 0.0225. The zero-order valence-corrected chi connectivity index (χ0v) is 18.0. The fourth-order valence-corrected chi connectivity index (χ4v) is 3.70. The molecule has 2 heterocycles. The van der Waals surface area contributed by atoms with Gasteiger partial charge in [0.25, 0.3) is 5.91 Å². The second-order valence-corrected chi connectivity index (χ2v) is 7.79. The van der Waals surface area contributed by atoms with Crippen molar-refractivity contribution in [1.82, 2.24) is 20.2 Å². The van der Waals surface area contributed by atoms with Gasteiger partial charge in [0.1, 0.15) is 0 Å². The molecule has 4 rings (SSSR count). The summed E-state index contributed by atoms with van der Waals surface area (Å²) in [6, 6.07) is 19.2. The summed E-state index contributed by atoms with van der Waals surface area (Å²) in [5, 5.41) is 2.95. The fraction of sp³-hybridized carbons (Fsp3) is 0.280. The van der Waals surface area contributed by atoms with Crippen LogP contribution >= 0.6 is 0 Å². The van der Waals surface area contributed by atoms with Gasteiger partial charge in [-0.2, -0.15) is 0 Å². The monoisotopic (exact) mass is 429 g/mol. The van der Waals surface area contributed by atoms with Gasteiger partial charge < -0.3 is 15.1 Å². The van der Waals surface area contributed by atoms with Crippen LogP contribution in [-0.2, 0) is 17.8 Å². The molecule has 0 unspecified atom stereocenters. The first-order chi connectivity index (χ1) is 15.7. The number of amides is 2. The molecule has 32 heavy (non-hydrogen) atoms. The van der Waals surface area contributed by atoms with Crippen molar-refractivity contribution in [3.05, 3.63) is 89.7 Å². The predicted molar refractivity (Wildman–Crippen MR) is 123 cm³/mol. The number of nitrogens with one attached hydrogen (secondary N) is 1. The molecular formula is C25H27N5O2. The second kappa shape index (κ2) is 10.5. The zero-order valence-electron chi connectivity index (χ0n) is 18.0. The van der Waals surface area contributed by atoms with E-state index in [-0.39, 0.29) is 11.8 Å². The van der Waals surface area contributed by atoms with E-state index in [0.717, 1.165) is 17.5 Å². The molecule has 3 aromatic rings. The highest BCUT2D eigenvalue weighted by Gasteiger charge is 2.23. The third-order valence-electron chi connectivity index (χ3n) is 5.58. The summed E-state index contributed by atoms with van der Waals surface area (Å²) in [4.78, 5) is 37.5. The van der Waals surface area contributed by atoms with Gasteiger partial charge in [-0.1, -0.05) is 42.5 Å². The molecule has 1 aliphatic rings. The van der Waals surface area contributed by atoms with Crippen molar-refractivity contribution in [1.29, 1.82) is 0 Å². The van der Waals surface area contributed by atoms with E-state index < -0.39 is 0 Å². The topological polar surface area (TPSA) is 78.4 Å². The lowest BCUT2D eigenvalue weighted by molar-refractivity contribution is -0.121.